The van der Waals surface area contributed by atoms with E-state index in [1.165, 1.54) is 0 Å². The molecule has 3 nitrogen and oxygen atoms in total. The first kappa shape index (κ1) is 12.3. The molecule has 1 aromatic carbocycles. The summed E-state index contributed by atoms with van der Waals surface area (Å²) in [6, 6.07) is 8.17. The van der Waals surface area contributed by atoms with E-state index in [1.807, 2.05) is 25.3 Å². The van der Waals surface area contributed by atoms with Crippen LogP contribution in [0.1, 0.15) is 25.6 Å². The fourth-order valence-electron chi connectivity index (χ4n) is 1.91. The Hall–Kier alpha value is -1.13. The van der Waals surface area contributed by atoms with Gasteiger partial charge in [0.2, 0.25) is 0 Å². The molecular formula is C13H16BrN3. The van der Waals surface area contributed by atoms with Crippen LogP contribution in [0.3, 0.4) is 0 Å². The highest BCUT2D eigenvalue weighted by atomic mass is 79.9. The first-order valence-electron chi connectivity index (χ1n) is 5.70. The molecule has 0 aliphatic rings. The number of hydrogen-bond acceptors (Lipinski definition) is 2. The maximum Gasteiger partial charge on any atom is 0.140 e. The number of rotatable bonds is 3. The summed E-state index contributed by atoms with van der Waals surface area (Å²) in [5, 5.41) is 0. The van der Waals surface area contributed by atoms with Crippen molar-refractivity contribution >= 4 is 15.9 Å². The number of nitrogens with zero attached hydrogens (tertiary/aromatic N) is 2. The van der Waals surface area contributed by atoms with E-state index in [0.29, 0.717) is 0 Å². The number of nitrogens with two attached hydrogens (primary N) is 1. The van der Waals surface area contributed by atoms with E-state index >= 15 is 0 Å². The summed E-state index contributed by atoms with van der Waals surface area (Å²) in [6.07, 6.45) is 1.87. The summed E-state index contributed by atoms with van der Waals surface area (Å²) in [6.45, 7) is 4.97. The number of aromatic nitrogens is 2. The SMILES string of the molecule is CCn1c(C(C)N)cnc1-c1ccc(Br)cc1. The van der Waals surface area contributed by atoms with Gasteiger partial charge in [0.15, 0.2) is 0 Å². The highest BCUT2D eigenvalue weighted by molar-refractivity contribution is 9.10. The lowest BCUT2D eigenvalue weighted by Crippen LogP contribution is -2.12. The molecule has 2 N–H and O–H groups in total. The molecule has 1 heterocycles. The van der Waals surface area contributed by atoms with Gasteiger partial charge in [0.25, 0.3) is 0 Å². The van der Waals surface area contributed by atoms with Crippen LogP contribution >= 0.6 is 15.9 Å². The molecule has 0 amide bonds. The normalized spacial score (nSPS) is 12.7. The molecule has 2 rings (SSSR count). The Morgan fingerprint density at radius 1 is 1.35 bits per heavy atom. The van der Waals surface area contributed by atoms with Crippen molar-refractivity contribution in [3.8, 4) is 11.4 Å². The van der Waals surface area contributed by atoms with Gasteiger partial charge in [-0.05, 0) is 26.0 Å². The van der Waals surface area contributed by atoms with Crippen molar-refractivity contribution in [1.82, 2.24) is 9.55 Å². The summed E-state index contributed by atoms with van der Waals surface area (Å²) in [4.78, 5) is 4.48. The van der Waals surface area contributed by atoms with Gasteiger partial charge in [0, 0.05) is 22.6 Å². The molecule has 90 valence electrons. The fraction of sp³-hybridized carbons (Fsp3) is 0.308. The smallest absolute Gasteiger partial charge is 0.140 e. The molecule has 1 atom stereocenters. The maximum atomic E-state index is 5.94. The average Bonchev–Trinajstić information content (AvgIpc) is 2.73. The zero-order valence-corrected chi connectivity index (χ0v) is 11.6. The molecule has 0 bridgehead atoms. The molecule has 1 aromatic heterocycles. The van der Waals surface area contributed by atoms with Crippen LogP contribution in [0.15, 0.2) is 34.9 Å². The minimum absolute atomic E-state index is 0.00616. The second-order valence-corrected chi connectivity index (χ2v) is 4.96. The van der Waals surface area contributed by atoms with Gasteiger partial charge in [-0.3, -0.25) is 0 Å². The number of benzene rings is 1. The van der Waals surface area contributed by atoms with Crippen molar-refractivity contribution in [2.75, 3.05) is 0 Å². The second kappa shape index (κ2) is 5.02. The average molecular weight is 294 g/mol. The molecule has 0 fully saturated rings. The standard InChI is InChI=1S/C13H16BrN3/c1-3-17-12(9(2)15)8-16-13(17)10-4-6-11(14)7-5-10/h4-9H,3,15H2,1-2H3. The third-order valence-electron chi connectivity index (χ3n) is 2.77. The number of imidazole rings is 1. The lowest BCUT2D eigenvalue weighted by molar-refractivity contribution is 0.662. The van der Waals surface area contributed by atoms with E-state index < -0.39 is 0 Å². The predicted octanol–water partition coefficient (Wildman–Crippen LogP) is 3.35. The summed E-state index contributed by atoms with van der Waals surface area (Å²) in [5.74, 6) is 0.979. The topological polar surface area (TPSA) is 43.8 Å². The molecule has 0 saturated carbocycles. The zero-order valence-electron chi connectivity index (χ0n) is 10.0. The van der Waals surface area contributed by atoms with Crippen molar-refractivity contribution in [2.24, 2.45) is 5.73 Å². The highest BCUT2D eigenvalue weighted by Gasteiger charge is 2.12. The van der Waals surface area contributed by atoms with Crippen molar-refractivity contribution in [3.63, 3.8) is 0 Å². The lowest BCUT2D eigenvalue weighted by atomic mass is 10.2. The van der Waals surface area contributed by atoms with Gasteiger partial charge in [-0.25, -0.2) is 4.98 Å². The van der Waals surface area contributed by atoms with Crippen LogP contribution in [-0.4, -0.2) is 9.55 Å². The molecule has 0 aliphatic carbocycles. The van der Waals surface area contributed by atoms with Crippen LogP contribution in [0.5, 0.6) is 0 Å². The Labute approximate surface area is 110 Å². The number of hydrogen-bond donors (Lipinski definition) is 1. The van der Waals surface area contributed by atoms with Crippen molar-refractivity contribution in [1.29, 1.82) is 0 Å². The maximum absolute atomic E-state index is 5.94. The Morgan fingerprint density at radius 3 is 2.53 bits per heavy atom. The van der Waals surface area contributed by atoms with Gasteiger partial charge < -0.3 is 10.3 Å². The minimum atomic E-state index is 0.00616. The van der Waals surface area contributed by atoms with Gasteiger partial charge in [-0.1, -0.05) is 28.1 Å². The molecule has 0 radical (unpaired) electrons. The van der Waals surface area contributed by atoms with Gasteiger partial charge in [0.05, 0.1) is 11.9 Å². The van der Waals surface area contributed by atoms with Crippen LogP contribution in [0.4, 0.5) is 0 Å². The molecular weight excluding hydrogens is 278 g/mol. The Balaban J connectivity index is 2.48. The van der Waals surface area contributed by atoms with Gasteiger partial charge in [-0.15, -0.1) is 0 Å². The minimum Gasteiger partial charge on any atom is -0.327 e. The Bertz CT molecular complexity index is 500. The van der Waals surface area contributed by atoms with Crippen molar-refractivity contribution in [2.45, 2.75) is 26.4 Å². The lowest BCUT2D eigenvalue weighted by Gasteiger charge is -2.11. The third kappa shape index (κ3) is 2.42. The molecule has 1 unspecified atom stereocenters. The highest BCUT2D eigenvalue weighted by Crippen LogP contribution is 2.23. The molecule has 0 saturated heterocycles. The molecule has 0 aliphatic heterocycles. The van der Waals surface area contributed by atoms with Crippen LogP contribution in [0.2, 0.25) is 0 Å². The van der Waals surface area contributed by atoms with Crippen LogP contribution in [0, 0.1) is 0 Å². The summed E-state index contributed by atoms with van der Waals surface area (Å²) in [5.41, 5.74) is 8.12. The Kier molecular flexibility index (Phi) is 3.64. The van der Waals surface area contributed by atoms with Crippen molar-refractivity contribution < 1.29 is 0 Å². The van der Waals surface area contributed by atoms with E-state index in [4.69, 9.17) is 5.73 Å². The predicted molar refractivity (Wildman–Crippen MR) is 73.6 cm³/mol. The molecule has 0 spiro atoms. The summed E-state index contributed by atoms with van der Waals surface area (Å²) in [7, 11) is 0. The van der Waals surface area contributed by atoms with E-state index in [9.17, 15) is 0 Å². The first-order valence-corrected chi connectivity index (χ1v) is 6.49. The van der Waals surface area contributed by atoms with Crippen molar-refractivity contribution in [3.05, 3.63) is 40.6 Å². The fourth-order valence-corrected chi connectivity index (χ4v) is 2.18. The summed E-state index contributed by atoms with van der Waals surface area (Å²) >= 11 is 3.43. The first-order chi connectivity index (χ1) is 8.13. The largest absolute Gasteiger partial charge is 0.327 e. The second-order valence-electron chi connectivity index (χ2n) is 4.05. The number of halogens is 1. The van der Waals surface area contributed by atoms with Gasteiger partial charge >= 0.3 is 0 Å². The monoisotopic (exact) mass is 293 g/mol. The van der Waals surface area contributed by atoms with Crippen LogP contribution in [-0.2, 0) is 6.54 Å². The molecule has 17 heavy (non-hydrogen) atoms. The quantitative estimate of drug-likeness (QED) is 0.943. The van der Waals surface area contributed by atoms with Crippen LogP contribution < -0.4 is 5.73 Å². The summed E-state index contributed by atoms with van der Waals surface area (Å²) < 4.78 is 3.23. The van der Waals surface area contributed by atoms with E-state index in [1.54, 1.807) is 0 Å². The Morgan fingerprint density at radius 2 is 2.00 bits per heavy atom. The zero-order chi connectivity index (χ0) is 12.4. The van der Waals surface area contributed by atoms with E-state index in [-0.39, 0.29) is 6.04 Å². The molecule has 4 heteroatoms. The van der Waals surface area contributed by atoms with Gasteiger partial charge in [0.1, 0.15) is 5.82 Å². The molecule has 2 aromatic rings. The third-order valence-corrected chi connectivity index (χ3v) is 3.30. The van der Waals surface area contributed by atoms with Gasteiger partial charge in [-0.2, -0.15) is 0 Å². The van der Waals surface area contributed by atoms with Crippen LogP contribution in [0.25, 0.3) is 11.4 Å². The van der Waals surface area contributed by atoms with E-state index in [0.717, 1.165) is 28.1 Å². The van der Waals surface area contributed by atoms with E-state index in [2.05, 4.69) is 44.5 Å².